The van der Waals surface area contributed by atoms with Crippen LogP contribution in [0.3, 0.4) is 0 Å². The highest BCUT2D eigenvalue weighted by atomic mass is 16.3. The fourth-order valence-electron chi connectivity index (χ4n) is 0.625. The van der Waals surface area contributed by atoms with Gasteiger partial charge in [0.15, 0.2) is 5.96 Å². The molecule has 1 atom stereocenters. The lowest BCUT2D eigenvalue weighted by molar-refractivity contribution is 0.264. The molecule has 0 amide bonds. The standard InChI is InChI=1S/C8H19N3O/c1-6(2)4-10-8(9)11-7(3)5-12/h6-7,12H,4-5H2,1-3H3,(H3,9,10,11). The van der Waals surface area contributed by atoms with Gasteiger partial charge in [-0.05, 0) is 12.8 Å². The van der Waals surface area contributed by atoms with Crippen molar-refractivity contribution in [3.8, 4) is 0 Å². The topological polar surface area (TPSA) is 70.6 Å². The molecule has 0 aliphatic heterocycles. The molecule has 0 radical (unpaired) electrons. The molecule has 0 fully saturated rings. The van der Waals surface area contributed by atoms with Crippen molar-refractivity contribution >= 4 is 5.96 Å². The number of hydrogen-bond donors (Lipinski definition) is 3. The molecule has 4 N–H and O–H groups in total. The van der Waals surface area contributed by atoms with Crippen molar-refractivity contribution in [1.29, 1.82) is 0 Å². The quantitative estimate of drug-likeness (QED) is 0.411. The van der Waals surface area contributed by atoms with E-state index in [-0.39, 0.29) is 12.6 Å². The van der Waals surface area contributed by atoms with Crippen LogP contribution in [-0.2, 0) is 0 Å². The number of nitrogens with two attached hydrogens (primary N) is 1. The van der Waals surface area contributed by atoms with Crippen molar-refractivity contribution in [2.24, 2.45) is 16.6 Å². The van der Waals surface area contributed by atoms with Crippen molar-refractivity contribution in [1.82, 2.24) is 5.32 Å². The molecule has 1 unspecified atom stereocenters. The van der Waals surface area contributed by atoms with E-state index in [4.69, 9.17) is 10.8 Å². The monoisotopic (exact) mass is 173 g/mol. The fraction of sp³-hybridized carbons (Fsp3) is 0.875. The molecular weight excluding hydrogens is 154 g/mol. The predicted octanol–water partition coefficient (Wildman–Crippen LogP) is -0.0725. The minimum Gasteiger partial charge on any atom is -0.394 e. The first-order chi connectivity index (χ1) is 5.56. The second kappa shape index (κ2) is 5.83. The Labute approximate surface area is 73.9 Å². The van der Waals surface area contributed by atoms with Crippen LogP contribution in [0.15, 0.2) is 4.99 Å². The van der Waals surface area contributed by atoms with Gasteiger partial charge >= 0.3 is 0 Å². The maximum absolute atomic E-state index is 8.69. The highest BCUT2D eigenvalue weighted by Gasteiger charge is 1.99. The summed E-state index contributed by atoms with van der Waals surface area (Å²) in [6, 6.07) is -0.0269. The van der Waals surface area contributed by atoms with Gasteiger partial charge < -0.3 is 16.2 Å². The predicted molar refractivity (Wildman–Crippen MR) is 51.0 cm³/mol. The number of nitrogens with zero attached hydrogens (tertiary/aromatic N) is 1. The highest BCUT2D eigenvalue weighted by Crippen LogP contribution is 1.90. The van der Waals surface area contributed by atoms with E-state index in [2.05, 4.69) is 24.2 Å². The lowest BCUT2D eigenvalue weighted by atomic mass is 10.2. The summed E-state index contributed by atoms with van der Waals surface area (Å²) in [4.78, 5) is 4.08. The van der Waals surface area contributed by atoms with E-state index in [1.54, 1.807) is 0 Å². The normalized spacial score (nSPS) is 14.9. The van der Waals surface area contributed by atoms with Crippen LogP contribution in [0.25, 0.3) is 0 Å². The zero-order chi connectivity index (χ0) is 9.56. The van der Waals surface area contributed by atoms with Crippen molar-refractivity contribution in [3.63, 3.8) is 0 Å². The van der Waals surface area contributed by atoms with Gasteiger partial charge in [-0.15, -0.1) is 0 Å². The van der Waals surface area contributed by atoms with E-state index in [0.29, 0.717) is 11.9 Å². The Morgan fingerprint density at radius 2 is 2.08 bits per heavy atom. The Hall–Kier alpha value is -0.770. The lowest BCUT2D eigenvalue weighted by Crippen LogP contribution is -2.40. The number of aliphatic imine (C=N–C) groups is 1. The zero-order valence-corrected chi connectivity index (χ0v) is 8.04. The first-order valence-electron chi connectivity index (χ1n) is 4.23. The van der Waals surface area contributed by atoms with E-state index in [0.717, 1.165) is 6.54 Å². The molecule has 72 valence electrons. The average molecular weight is 173 g/mol. The molecule has 0 saturated heterocycles. The third kappa shape index (κ3) is 5.97. The molecule has 0 aliphatic rings. The lowest BCUT2D eigenvalue weighted by Gasteiger charge is -2.11. The van der Waals surface area contributed by atoms with E-state index < -0.39 is 0 Å². The summed E-state index contributed by atoms with van der Waals surface area (Å²) in [6.45, 7) is 6.78. The molecule has 12 heavy (non-hydrogen) atoms. The summed E-state index contributed by atoms with van der Waals surface area (Å²) in [6.07, 6.45) is 0. The average Bonchev–Trinajstić information content (AvgIpc) is 2.00. The third-order valence-electron chi connectivity index (χ3n) is 1.29. The van der Waals surface area contributed by atoms with Crippen LogP contribution in [0.5, 0.6) is 0 Å². The van der Waals surface area contributed by atoms with Gasteiger partial charge in [-0.2, -0.15) is 0 Å². The summed E-state index contributed by atoms with van der Waals surface area (Å²) in [5, 5.41) is 11.6. The Balaban J connectivity index is 3.69. The Kier molecular flexibility index (Phi) is 5.45. The van der Waals surface area contributed by atoms with Crippen LogP contribution in [0, 0.1) is 5.92 Å². The largest absolute Gasteiger partial charge is 0.394 e. The molecule has 0 aliphatic carbocycles. The van der Waals surface area contributed by atoms with Gasteiger partial charge in [0.25, 0.3) is 0 Å². The molecule has 0 aromatic heterocycles. The molecule has 0 saturated carbocycles. The summed E-state index contributed by atoms with van der Waals surface area (Å²) >= 11 is 0. The van der Waals surface area contributed by atoms with Gasteiger partial charge in [0.05, 0.1) is 6.61 Å². The molecule has 0 aromatic rings. The Bertz CT molecular complexity index is 145. The van der Waals surface area contributed by atoms with E-state index in [1.165, 1.54) is 0 Å². The number of aliphatic hydroxyl groups excluding tert-OH is 1. The van der Waals surface area contributed by atoms with Crippen molar-refractivity contribution in [2.75, 3.05) is 13.2 Å². The van der Waals surface area contributed by atoms with Gasteiger partial charge in [-0.25, -0.2) is 0 Å². The number of rotatable bonds is 4. The minimum absolute atomic E-state index is 0.0269. The number of hydrogen-bond acceptors (Lipinski definition) is 2. The van der Waals surface area contributed by atoms with Gasteiger partial charge in [-0.1, -0.05) is 13.8 Å². The summed E-state index contributed by atoms with van der Waals surface area (Å²) in [5.74, 6) is 0.917. The summed E-state index contributed by atoms with van der Waals surface area (Å²) in [5.41, 5.74) is 5.53. The van der Waals surface area contributed by atoms with Gasteiger partial charge in [-0.3, -0.25) is 4.99 Å². The summed E-state index contributed by atoms with van der Waals surface area (Å²) in [7, 11) is 0. The number of guanidine groups is 1. The Morgan fingerprint density at radius 3 is 2.50 bits per heavy atom. The number of aliphatic hydroxyl groups is 1. The second-order valence-electron chi connectivity index (χ2n) is 3.35. The third-order valence-corrected chi connectivity index (χ3v) is 1.29. The first-order valence-corrected chi connectivity index (χ1v) is 4.23. The molecule has 0 rings (SSSR count). The Morgan fingerprint density at radius 1 is 1.50 bits per heavy atom. The first kappa shape index (κ1) is 11.2. The molecular formula is C8H19N3O. The van der Waals surface area contributed by atoms with Crippen LogP contribution in [0.2, 0.25) is 0 Å². The molecule has 4 nitrogen and oxygen atoms in total. The molecule has 4 heteroatoms. The van der Waals surface area contributed by atoms with Gasteiger partial charge in [0, 0.05) is 12.6 Å². The maximum atomic E-state index is 8.69. The van der Waals surface area contributed by atoms with E-state index in [1.807, 2.05) is 6.92 Å². The minimum atomic E-state index is -0.0269. The van der Waals surface area contributed by atoms with E-state index in [9.17, 15) is 0 Å². The van der Waals surface area contributed by atoms with Crippen molar-refractivity contribution in [2.45, 2.75) is 26.8 Å². The fourth-order valence-corrected chi connectivity index (χ4v) is 0.625. The van der Waals surface area contributed by atoms with Crippen LogP contribution in [0.1, 0.15) is 20.8 Å². The van der Waals surface area contributed by atoms with Crippen molar-refractivity contribution < 1.29 is 5.11 Å². The van der Waals surface area contributed by atoms with Crippen LogP contribution >= 0.6 is 0 Å². The maximum Gasteiger partial charge on any atom is 0.188 e. The van der Waals surface area contributed by atoms with Crippen LogP contribution in [0.4, 0.5) is 0 Å². The van der Waals surface area contributed by atoms with E-state index >= 15 is 0 Å². The SMILES string of the molecule is CC(C)CN=C(N)NC(C)CO. The molecule has 0 spiro atoms. The zero-order valence-electron chi connectivity index (χ0n) is 8.04. The van der Waals surface area contributed by atoms with Crippen LogP contribution in [-0.4, -0.2) is 30.3 Å². The van der Waals surface area contributed by atoms with Crippen molar-refractivity contribution in [3.05, 3.63) is 0 Å². The smallest absolute Gasteiger partial charge is 0.188 e. The van der Waals surface area contributed by atoms with Crippen LogP contribution < -0.4 is 11.1 Å². The number of nitrogens with one attached hydrogen (secondary N) is 1. The summed E-state index contributed by atoms with van der Waals surface area (Å²) < 4.78 is 0. The highest BCUT2D eigenvalue weighted by molar-refractivity contribution is 5.78. The van der Waals surface area contributed by atoms with Gasteiger partial charge in [0.2, 0.25) is 0 Å². The molecule has 0 bridgehead atoms. The molecule has 0 heterocycles. The second-order valence-corrected chi connectivity index (χ2v) is 3.35. The van der Waals surface area contributed by atoms with Gasteiger partial charge in [0.1, 0.15) is 0 Å². The molecule has 0 aromatic carbocycles.